The summed E-state index contributed by atoms with van der Waals surface area (Å²) in [5.41, 5.74) is 4.90. The maximum atomic E-state index is 5.56. The van der Waals surface area contributed by atoms with Crippen LogP contribution in [0.1, 0.15) is 5.56 Å². The average Bonchev–Trinajstić information content (AvgIpc) is 3.27. The largest absolute Gasteiger partial charge is 0.497 e. The first-order valence-corrected chi connectivity index (χ1v) is 10.2. The molecule has 0 atom stereocenters. The number of aromatic nitrogens is 2. The van der Waals surface area contributed by atoms with Gasteiger partial charge < -0.3 is 18.9 Å². The number of hydrogen-bond donors (Lipinski definition) is 0. The molecule has 0 saturated heterocycles. The van der Waals surface area contributed by atoms with Crippen LogP contribution in [0.25, 0.3) is 22.4 Å². The summed E-state index contributed by atoms with van der Waals surface area (Å²) < 4.78 is 23.9. The Balaban J connectivity index is 1.85. The fraction of sp³-hybridized carbons (Fsp3) is 0.192. The molecule has 32 heavy (non-hydrogen) atoms. The zero-order chi connectivity index (χ0) is 22.5. The maximum Gasteiger partial charge on any atom is 0.203 e. The van der Waals surface area contributed by atoms with Crippen molar-refractivity contribution in [3.8, 4) is 45.4 Å². The van der Waals surface area contributed by atoms with Crippen LogP contribution >= 0.6 is 0 Å². The number of hydrogen-bond acceptors (Lipinski definition) is 5. The predicted molar refractivity (Wildman–Crippen MR) is 125 cm³/mol. The first kappa shape index (κ1) is 21.3. The van der Waals surface area contributed by atoms with Crippen LogP contribution in [0, 0.1) is 0 Å². The van der Waals surface area contributed by atoms with Crippen molar-refractivity contribution in [1.29, 1.82) is 0 Å². The number of ether oxygens (including phenoxy) is 4. The Bertz CT molecular complexity index is 1160. The summed E-state index contributed by atoms with van der Waals surface area (Å²) in [6.07, 6.45) is 2.06. The fourth-order valence-electron chi connectivity index (χ4n) is 3.69. The van der Waals surface area contributed by atoms with E-state index in [1.54, 1.807) is 28.4 Å². The molecule has 0 fully saturated rings. The van der Waals surface area contributed by atoms with Crippen LogP contribution in [-0.2, 0) is 6.54 Å². The first-order chi connectivity index (χ1) is 15.7. The van der Waals surface area contributed by atoms with Crippen LogP contribution in [0.15, 0.2) is 72.9 Å². The molecular formula is C26H26N2O4. The van der Waals surface area contributed by atoms with E-state index in [1.807, 2.05) is 59.3 Å². The van der Waals surface area contributed by atoms with Crippen molar-refractivity contribution in [3.63, 3.8) is 0 Å². The average molecular weight is 431 g/mol. The number of nitrogens with zero attached hydrogens (tertiary/aromatic N) is 2. The smallest absolute Gasteiger partial charge is 0.203 e. The lowest BCUT2D eigenvalue weighted by molar-refractivity contribution is 0.324. The molecule has 164 valence electrons. The summed E-state index contributed by atoms with van der Waals surface area (Å²) in [6, 6.07) is 22.1. The first-order valence-electron chi connectivity index (χ1n) is 10.2. The topological polar surface area (TPSA) is 54.7 Å². The summed E-state index contributed by atoms with van der Waals surface area (Å²) in [6.45, 7) is 0.661. The molecule has 0 radical (unpaired) electrons. The lowest BCUT2D eigenvalue weighted by Crippen LogP contribution is -2.00. The summed E-state index contributed by atoms with van der Waals surface area (Å²) in [5, 5.41) is 4.93. The lowest BCUT2D eigenvalue weighted by Gasteiger charge is -2.14. The molecule has 1 aromatic heterocycles. The van der Waals surface area contributed by atoms with E-state index in [4.69, 9.17) is 24.0 Å². The highest BCUT2D eigenvalue weighted by molar-refractivity contribution is 5.82. The van der Waals surface area contributed by atoms with Gasteiger partial charge in [0.15, 0.2) is 11.5 Å². The molecule has 3 aromatic carbocycles. The zero-order valence-electron chi connectivity index (χ0n) is 18.7. The van der Waals surface area contributed by atoms with Crippen LogP contribution in [0.2, 0.25) is 0 Å². The molecule has 0 unspecified atom stereocenters. The van der Waals surface area contributed by atoms with Gasteiger partial charge in [0.1, 0.15) is 11.4 Å². The van der Waals surface area contributed by atoms with Crippen molar-refractivity contribution in [3.05, 3.63) is 78.5 Å². The Hall–Kier alpha value is -3.93. The minimum Gasteiger partial charge on any atom is -0.497 e. The third-order valence-electron chi connectivity index (χ3n) is 5.29. The van der Waals surface area contributed by atoms with Crippen molar-refractivity contribution in [2.45, 2.75) is 6.54 Å². The van der Waals surface area contributed by atoms with Crippen LogP contribution in [0.5, 0.6) is 23.0 Å². The maximum absolute atomic E-state index is 5.56. The Kier molecular flexibility index (Phi) is 6.31. The Morgan fingerprint density at radius 1 is 0.719 bits per heavy atom. The molecule has 0 N–H and O–H groups in total. The highest BCUT2D eigenvalue weighted by Gasteiger charge is 2.19. The quantitative estimate of drug-likeness (QED) is 0.380. The van der Waals surface area contributed by atoms with E-state index < -0.39 is 0 Å². The molecule has 0 bridgehead atoms. The number of rotatable bonds is 8. The fourth-order valence-corrected chi connectivity index (χ4v) is 3.69. The van der Waals surface area contributed by atoms with Gasteiger partial charge in [-0.15, -0.1) is 0 Å². The molecule has 0 spiro atoms. The van der Waals surface area contributed by atoms with Crippen LogP contribution in [0.4, 0.5) is 0 Å². The second-order valence-electron chi connectivity index (χ2n) is 7.22. The van der Waals surface area contributed by atoms with Gasteiger partial charge in [-0.25, -0.2) is 0 Å². The highest BCUT2D eigenvalue weighted by atomic mass is 16.5. The monoisotopic (exact) mass is 430 g/mol. The minimum absolute atomic E-state index is 0.550. The van der Waals surface area contributed by atoms with Gasteiger partial charge in [-0.2, -0.15) is 5.10 Å². The number of methoxy groups -OCH3 is 4. The Labute approximate surface area is 187 Å². The van der Waals surface area contributed by atoms with E-state index in [0.29, 0.717) is 23.8 Å². The molecule has 1 heterocycles. The summed E-state index contributed by atoms with van der Waals surface area (Å²) >= 11 is 0. The summed E-state index contributed by atoms with van der Waals surface area (Å²) in [7, 11) is 6.48. The van der Waals surface area contributed by atoms with Gasteiger partial charge in [0, 0.05) is 17.3 Å². The van der Waals surface area contributed by atoms with Crippen LogP contribution < -0.4 is 18.9 Å². The Morgan fingerprint density at radius 3 is 1.94 bits per heavy atom. The second kappa shape index (κ2) is 9.47. The van der Waals surface area contributed by atoms with E-state index in [-0.39, 0.29) is 0 Å². The Morgan fingerprint density at radius 2 is 1.38 bits per heavy atom. The normalized spacial score (nSPS) is 10.6. The molecule has 6 nitrogen and oxygen atoms in total. The van der Waals surface area contributed by atoms with E-state index in [1.165, 1.54) is 5.56 Å². The van der Waals surface area contributed by atoms with Crippen molar-refractivity contribution in [2.24, 2.45) is 0 Å². The SMILES string of the molecule is COc1ccc(-c2cn(Cc3ccccc3)nc2-c2cc(OC)c(OC)c(OC)c2)cc1. The molecule has 6 heteroatoms. The van der Waals surface area contributed by atoms with Crippen molar-refractivity contribution in [1.82, 2.24) is 9.78 Å². The van der Waals surface area contributed by atoms with Gasteiger partial charge >= 0.3 is 0 Å². The van der Waals surface area contributed by atoms with Gasteiger partial charge in [0.2, 0.25) is 5.75 Å². The third kappa shape index (κ3) is 4.25. The van der Waals surface area contributed by atoms with Crippen molar-refractivity contribution >= 4 is 0 Å². The highest BCUT2D eigenvalue weighted by Crippen LogP contribution is 2.43. The van der Waals surface area contributed by atoms with Crippen molar-refractivity contribution < 1.29 is 18.9 Å². The van der Waals surface area contributed by atoms with Gasteiger partial charge in [-0.05, 0) is 35.4 Å². The van der Waals surface area contributed by atoms with Crippen LogP contribution in [-0.4, -0.2) is 38.2 Å². The summed E-state index contributed by atoms with van der Waals surface area (Å²) in [4.78, 5) is 0. The zero-order valence-corrected chi connectivity index (χ0v) is 18.7. The van der Waals surface area contributed by atoms with E-state index in [2.05, 4.69) is 18.3 Å². The van der Waals surface area contributed by atoms with Crippen molar-refractivity contribution in [2.75, 3.05) is 28.4 Å². The summed E-state index contributed by atoms with van der Waals surface area (Å²) in [5.74, 6) is 2.52. The van der Waals surface area contributed by atoms with Gasteiger partial charge in [0.05, 0.1) is 35.0 Å². The molecule has 0 aliphatic heterocycles. The van der Waals surface area contributed by atoms with Gasteiger partial charge in [-0.3, -0.25) is 4.68 Å². The second-order valence-corrected chi connectivity index (χ2v) is 7.22. The molecular weight excluding hydrogens is 404 g/mol. The minimum atomic E-state index is 0.550. The van der Waals surface area contributed by atoms with E-state index in [0.717, 1.165) is 28.1 Å². The number of benzene rings is 3. The molecule has 0 aliphatic carbocycles. The standard InChI is InChI=1S/C26H26N2O4/c1-29-21-12-10-19(11-13-21)22-17-28(16-18-8-6-5-7-9-18)27-25(22)20-14-23(30-2)26(32-4)24(15-20)31-3/h5-15,17H,16H2,1-4H3. The van der Waals surface area contributed by atoms with Crippen LogP contribution in [0.3, 0.4) is 0 Å². The predicted octanol–water partition coefficient (Wildman–Crippen LogP) is 5.30. The van der Waals surface area contributed by atoms with Gasteiger partial charge in [0.25, 0.3) is 0 Å². The molecule has 0 amide bonds. The molecule has 0 saturated carbocycles. The lowest BCUT2D eigenvalue weighted by atomic mass is 10.0. The molecule has 0 aliphatic rings. The molecule has 4 rings (SSSR count). The van der Waals surface area contributed by atoms with E-state index >= 15 is 0 Å². The van der Waals surface area contributed by atoms with Gasteiger partial charge in [-0.1, -0.05) is 42.5 Å². The van der Waals surface area contributed by atoms with E-state index in [9.17, 15) is 0 Å². The molecule has 4 aromatic rings. The third-order valence-corrected chi connectivity index (χ3v) is 5.29.